The predicted molar refractivity (Wildman–Crippen MR) is 62.3 cm³/mol. The summed E-state index contributed by atoms with van der Waals surface area (Å²) in [5.74, 6) is 0.726. The normalized spacial score (nSPS) is 25.0. The highest BCUT2D eigenvalue weighted by Crippen LogP contribution is 2.24. The quantitative estimate of drug-likeness (QED) is 0.768. The first-order chi connectivity index (χ1) is 7.72. The summed E-state index contributed by atoms with van der Waals surface area (Å²) in [7, 11) is 0. The van der Waals surface area contributed by atoms with Crippen molar-refractivity contribution in [2.24, 2.45) is 0 Å². The van der Waals surface area contributed by atoms with Gasteiger partial charge in [0.25, 0.3) is 0 Å². The van der Waals surface area contributed by atoms with Crippen molar-refractivity contribution in [3.05, 3.63) is 18.3 Å². The molecule has 2 rings (SSSR count). The molecule has 5 heteroatoms. The number of aromatic nitrogens is 1. The van der Waals surface area contributed by atoms with Gasteiger partial charge >= 0.3 is 0 Å². The Morgan fingerprint density at radius 3 is 3.12 bits per heavy atom. The SMILES string of the molecule is CCO[C@H]1CN(c2ncccc2N)C[C@@H]1O. The second kappa shape index (κ2) is 4.67. The third kappa shape index (κ3) is 2.10. The summed E-state index contributed by atoms with van der Waals surface area (Å²) in [6, 6.07) is 3.61. The summed E-state index contributed by atoms with van der Waals surface area (Å²) >= 11 is 0. The Balaban J connectivity index is 2.11. The van der Waals surface area contributed by atoms with E-state index in [9.17, 15) is 5.11 Å². The van der Waals surface area contributed by atoms with Crippen molar-refractivity contribution in [2.45, 2.75) is 19.1 Å². The van der Waals surface area contributed by atoms with E-state index in [-0.39, 0.29) is 6.10 Å². The molecule has 1 aromatic heterocycles. The van der Waals surface area contributed by atoms with Crippen LogP contribution < -0.4 is 10.6 Å². The van der Waals surface area contributed by atoms with Crippen molar-refractivity contribution >= 4 is 11.5 Å². The van der Waals surface area contributed by atoms with Gasteiger partial charge in [-0.1, -0.05) is 0 Å². The molecule has 1 aromatic rings. The molecule has 0 amide bonds. The van der Waals surface area contributed by atoms with Gasteiger partial charge < -0.3 is 20.5 Å². The fourth-order valence-corrected chi connectivity index (χ4v) is 1.98. The van der Waals surface area contributed by atoms with Crippen LogP contribution in [0.15, 0.2) is 18.3 Å². The van der Waals surface area contributed by atoms with Crippen LogP contribution in [0.5, 0.6) is 0 Å². The van der Waals surface area contributed by atoms with E-state index in [1.54, 1.807) is 12.3 Å². The number of anilines is 2. The first-order valence-corrected chi connectivity index (χ1v) is 5.47. The van der Waals surface area contributed by atoms with Crippen molar-refractivity contribution < 1.29 is 9.84 Å². The van der Waals surface area contributed by atoms with Gasteiger partial charge in [-0.3, -0.25) is 0 Å². The minimum Gasteiger partial charge on any atom is -0.396 e. The number of hydrogen-bond donors (Lipinski definition) is 2. The molecule has 16 heavy (non-hydrogen) atoms. The zero-order chi connectivity index (χ0) is 11.5. The molecule has 0 aliphatic carbocycles. The van der Waals surface area contributed by atoms with Crippen LogP contribution in [0.3, 0.4) is 0 Å². The number of ether oxygens (including phenoxy) is 1. The fraction of sp³-hybridized carbons (Fsp3) is 0.545. The smallest absolute Gasteiger partial charge is 0.151 e. The summed E-state index contributed by atoms with van der Waals surface area (Å²) in [6.07, 6.45) is 1.08. The van der Waals surface area contributed by atoms with Gasteiger partial charge in [-0.15, -0.1) is 0 Å². The van der Waals surface area contributed by atoms with Gasteiger partial charge in [0.15, 0.2) is 5.82 Å². The van der Waals surface area contributed by atoms with Gasteiger partial charge in [0.1, 0.15) is 6.10 Å². The van der Waals surface area contributed by atoms with Crippen LogP contribution in [0.2, 0.25) is 0 Å². The molecule has 1 saturated heterocycles. The highest BCUT2D eigenvalue weighted by Gasteiger charge is 2.33. The van der Waals surface area contributed by atoms with Crippen molar-refractivity contribution in [1.82, 2.24) is 4.98 Å². The number of nitrogens with zero attached hydrogens (tertiary/aromatic N) is 2. The Kier molecular flexibility index (Phi) is 3.26. The van der Waals surface area contributed by atoms with Crippen LogP contribution in [0.1, 0.15) is 6.92 Å². The van der Waals surface area contributed by atoms with E-state index in [1.165, 1.54) is 0 Å². The third-order valence-corrected chi connectivity index (χ3v) is 2.73. The number of rotatable bonds is 3. The molecule has 1 fully saturated rings. The maximum Gasteiger partial charge on any atom is 0.151 e. The fourth-order valence-electron chi connectivity index (χ4n) is 1.98. The number of hydrogen-bond acceptors (Lipinski definition) is 5. The molecule has 0 spiro atoms. The second-order valence-electron chi connectivity index (χ2n) is 3.88. The number of nitrogen functional groups attached to an aromatic ring is 1. The van der Waals surface area contributed by atoms with Crippen LogP contribution in [0.25, 0.3) is 0 Å². The molecule has 2 atom stereocenters. The molecular formula is C11H17N3O2. The summed E-state index contributed by atoms with van der Waals surface area (Å²) in [5.41, 5.74) is 6.47. The van der Waals surface area contributed by atoms with Gasteiger partial charge in [0, 0.05) is 25.9 Å². The largest absolute Gasteiger partial charge is 0.396 e. The maximum atomic E-state index is 9.81. The molecule has 5 nitrogen and oxygen atoms in total. The lowest BCUT2D eigenvalue weighted by Gasteiger charge is -2.18. The highest BCUT2D eigenvalue weighted by atomic mass is 16.5. The molecule has 3 N–H and O–H groups in total. The van der Waals surface area contributed by atoms with E-state index in [1.807, 2.05) is 17.9 Å². The minimum atomic E-state index is -0.471. The van der Waals surface area contributed by atoms with Gasteiger partial charge in [-0.2, -0.15) is 0 Å². The Bertz CT molecular complexity index is 359. The molecule has 0 unspecified atom stereocenters. The first-order valence-electron chi connectivity index (χ1n) is 5.47. The molecule has 2 heterocycles. The number of pyridine rings is 1. The van der Waals surface area contributed by atoms with E-state index in [2.05, 4.69) is 4.98 Å². The molecule has 88 valence electrons. The lowest BCUT2D eigenvalue weighted by atomic mass is 10.3. The monoisotopic (exact) mass is 223 g/mol. The van der Waals surface area contributed by atoms with E-state index < -0.39 is 6.10 Å². The summed E-state index contributed by atoms with van der Waals surface area (Å²) in [5, 5.41) is 9.81. The molecule has 1 aliphatic heterocycles. The predicted octanol–water partition coefficient (Wildman–Crippen LogP) is 0.250. The molecular weight excluding hydrogens is 206 g/mol. The average Bonchev–Trinajstić information content (AvgIpc) is 2.61. The molecule has 0 saturated carbocycles. The average molecular weight is 223 g/mol. The lowest BCUT2D eigenvalue weighted by Crippen LogP contribution is -2.26. The Hall–Kier alpha value is -1.33. The van der Waals surface area contributed by atoms with Gasteiger partial charge in [0.2, 0.25) is 0 Å². The summed E-state index contributed by atoms with van der Waals surface area (Å²) in [6.45, 7) is 3.68. The van der Waals surface area contributed by atoms with Crippen molar-refractivity contribution in [3.8, 4) is 0 Å². The molecule has 0 aromatic carbocycles. The third-order valence-electron chi connectivity index (χ3n) is 2.73. The van der Waals surface area contributed by atoms with E-state index in [0.29, 0.717) is 25.4 Å². The van der Waals surface area contributed by atoms with Gasteiger partial charge in [-0.25, -0.2) is 4.98 Å². The number of nitrogens with two attached hydrogens (primary N) is 1. The number of β-amino-alcohol motifs (C(OH)–C–C–N with tert-alkyl or cyclic N) is 1. The number of aliphatic hydroxyl groups is 1. The van der Waals surface area contributed by atoms with Crippen molar-refractivity contribution in [3.63, 3.8) is 0 Å². The zero-order valence-electron chi connectivity index (χ0n) is 9.34. The maximum absolute atomic E-state index is 9.81. The summed E-state index contributed by atoms with van der Waals surface area (Å²) < 4.78 is 5.45. The second-order valence-corrected chi connectivity index (χ2v) is 3.88. The van der Waals surface area contributed by atoms with Gasteiger partial charge in [-0.05, 0) is 19.1 Å². The van der Waals surface area contributed by atoms with E-state index >= 15 is 0 Å². The Morgan fingerprint density at radius 2 is 2.44 bits per heavy atom. The molecule has 1 aliphatic rings. The van der Waals surface area contributed by atoms with Crippen LogP contribution >= 0.6 is 0 Å². The van der Waals surface area contributed by atoms with Crippen LogP contribution in [-0.2, 0) is 4.74 Å². The zero-order valence-corrected chi connectivity index (χ0v) is 9.34. The Morgan fingerprint density at radius 1 is 1.62 bits per heavy atom. The van der Waals surface area contributed by atoms with Crippen molar-refractivity contribution in [1.29, 1.82) is 0 Å². The molecule has 0 radical (unpaired) electrons. The first kappa shape index (κ1) is 11.2. The topological polar surface area (TPSA) is 71.6 Å². The standard InChI is InChI=1S/C11H17N3O2/c1-2-16-10-7-14(6-9(10)15)11-8(12)4-3-5-13-11/h3-5,9-10,15H,2,6-7,12H2,1H3/t9-,10-/m0/s1. The minimum absolute atomic E-state index is 0.147. The number of aliphatic hydroxyl groups excluding tert-OH is 1. The van der Waals surface area contributed by atoms with Crippen molar-refractivity contribution in [2.75, 3.05) is 30.3 Å². The lowest BCUT2D eigenvalue weighted by molar-refractivity contribution is -0.00189. The van der Waals surface area contributed by atoms with Gasteiger partial charge in [0.05, 0.1) is 11.8 Å². The molecule has 0 bridgehead atoms. The van der Waals surface area contributed by atoms with E-state index in [0.717, 1.165) is 5.82 Å². The van der Waals surface area contributed by atoms with Crippen LogP contribution in [0.4, 0.5) is 11.5 Å². The van der Waals surface area contributed by atoms with E-state index in [4.69, 9.17) is 10.5 Å². The summed E-state index contributed by atoms with van der Waals surface area (Å²) in [4.78, 5) is 6.18. The van der Waals surface area contributed by atoms with Crippen LogP contribution in [-0.4, -0.2) is 42.0 Å². The van der Waals surface area contributed by atoms with Crippen LogP contribution in [0, 0.1) is 0 Å². The highest BCUT2D eigenvalue weighted by molar-refractivity contribution is 5.62. The Labute approximate surface area is 94.8 Å².